The maximum absolute atomic E-state index is 12.6. The van der Waals surface area contributed by atoms with Crippen molar-refractivity contribution in [1.29, 1.82) is 0 Å². The average Bonchev–Trinajstić information content (AvgIpc) is 2.47. The highest BCUT2D eigenvalue weighted by molar-refractivity contribution is 7.56. The summed E-state index contributed by atoms with van der Waals surface area (Å²) in [6.07, 6.45) is 0. The number of hydrogen-bond donors (Lipinski definition) is 1. The molecule has 5 nitrogen and oxygen atoms in total. The minimum atomic E-state index is -3.24. The minimum absolute atomic E-state index is 0.272. The molecule has 0 saturated carbocycles. The number of carbonyl (C=O) groups is 1. The van der Waals surface area contributed by atoms with Crippen LogP contribution in [0.5, 0.6) is 5.75 Å². The van der Waals surface area contributed by atoms with Gasteiger partial charge in [0.1, 0.15) is 11.8 Å². The first-order valence-electron chi connectivity index (χ1n) is 6.95. The topological polar surface area (TPSA) is 64.6 Å². The molecule has 1 unspecified atom stereocenters. The standard InChI is InChI=1S/C16H18NO4P/c1-4-20-16(18)12(2)17-22(3,19)21-15-11-7-9-13-8-5-6-10-14(13)15/h5,7-9,11-12H,4H2,1-3H3,(H,17,19)/t12-,22?/m0/s1. The van der Waals surface area contributed by atoms with Crippen molar-refractivity contribution in [2.45, 2.75) is 19.9 Å². The lowest BCUT2D eigenvalue weighted by atomic mass is 10.1. The van der Waals surface area contributed by atoms with Crippen LogP contribution in [-0.2, 0) is 14.1 Å². The van der Waals surface area contributed by atoms with Crippen molar-refractivity contribution in [3.8, 4) is 5.75 Å². The Morgan fingerprint density at radius 1 is 1.41 bits per heavy atom. The molecule has 0 saturated heterocycles. The van der Waals surface area contributed by atoms with Gasteiger partial charge in [0, 0.05) is 6.66 Å². The summed E-state index contributed by atoms with van der Waals surface area (Å²) in [5.74, 6) is -0.0327. The van der Waals surface area contributed by atoms with Crippen molar-refractivity contribution in [1.82, 2.24) is 5.09 Å². The summed E-state index contributed by atoms with van der Waals surface area (Å²) in [7, 11) is -3.24. The van der Waals surface area contributed by atoms with Gasteiger partial charge in [0.05, 0.1) is 12.0 Å². The number of rotatable bonds is 6. The summed E-state index contributed by atoms with van der Waals surface area (Å²) in [5, 5.41) is 4.29. The molecule has 0 amide bonds. The first-order valence-corrected chi connectivity index (χ1v) is 9.03. The summed E-state index contributed by atoms with van der Waals surface area (Å²) >= 11 is 0. The van der Waals surface area contributed by atoms with E-state index in [2.05, 4.69) is 17.2 Å². The quantitative estimate of drug-likeness (QED) is 0.654. The molecule has 0 fully saturated rings. The molecule has 6 heteroatoms. The van der Waals surface area contributed by atoms with E-state index in [1.807, 2.05) is 12.1 Å². The van der Waals surface area contributed by atoms with Gasteiger partial charge in [-0.2, -0.15) is 0 Å². The number of fused-ring (bicyclic) bond motifs is 1. The number of carbonyl (C=O) groups excluding carboxylic acids is 1. The smallest absolute Gasteiger partial charge is 0.323 e. The molecule has 22 heavy (non-hydrogen) atoms. The van der Waals surface area contributed by atoms with Crippen LogP contribution in [0.4, 0.5) is 0 Å². The van der Waals surface area contributed by atoms with Crippen LogP contribution in [0.3, 0.4) is 0 Å². The van der Waals surface area contributed by atoms with Gasteiger partial charge < -0.3 is 9.26 Å². The molecule has 0 aliphatic heterocycles. The summed E-state index contributed by atoms with van der Waals surface area (Å²) in [6.45, 7) is 5.00. The maximum atomic E-state index is 12.6. The first kappa shape index (κ1) is 16.4. The van der Waals surface area contributed by atoms with Gasteiger partial charge in [-0.3, -0.25) is 9.36 Å². The molecule has 116 valence electrons. The fourth-order valence-corrected chi connectivity index (χ4v) is 3.42. The van der Waals surface area contributed by atoms with Gasteiger partial charge in [-0.25, -0.2) is 5.09 Å². The molecule has 2 aromatic rings. The monoisotopic (exact) mass is 319 g/mol. The van der Waals surface area contributed by atoms with Crippen LogP contribution in [0.25, 0.3) is 10.8 Å². The second-order valence-electron chi connectivity index (χ2n) is 4.86. The van der Waals surface area contributed by atoms with Crippen molar-refractivity contribution in [3.05, 3.63) is 42.5 Å². The third kappa shape index (κ3) is 4.00. The minimum Gasteiger partial charge on any atom is -0.465 e. The highest BCUT2D eigenvalue weighted by atomic mass is 31.2. The molecule has 0 aliphatic rings. The van der Waals surface area contributed by atoms with Gasteiger partial charge in [0.25, 0.3) is 0 Å². The average molecular weight is 319 g/mol. The predicted octanol–water partition coefficient (Wildman–Crippen LogP) is 3.18. The second kappa shape index (κ2) is 6.83. The molecule has 0 spiro atoms. The van der Waals surface area contributed by atoms with Gasteiger partial charge in [-0.15, -0.1) is 0 Å². The maximum Gasteiger partial charge on any atom is 0.323 e. The first-order chi connectivity index (χ1) is 10.4. The molecular weight excluding hydrogens is 301 g/mol. The van der Waals surface area contributed by atoms with E-state index < -0.39 is 19.5 Å². The zero-order valence-corrected chi connectivity index (χ0v) is 13.6. The van der Waals surface area contributed by atoms with Crippen LogP contribution in [0.2, 0.25) is 0 Å². The molecule has 0 aliphatic carbocycles. The van der Waals surface area contributed by atoms with Crippen molar-refractivity contribution in [2.75, 3.05) is 13.3 Å². The second-order valence-corrected chi connectivity index (χ2v) is 7.00. The summed E-state index contributed by atoms with van der Waals surface area (Å²) < 4.78 is 23.1. The number of hydrogen-bond acceptors (Lipinski definition) is 4. The third-order valence-electron chi connectivity index (χ3n) is 2.94. The van der Waals surface area contributed by atoms with Crippen LogP contribution in [0.15, 0.2) is 30.3 Å². The Balaban J connectivity index is 2.17. The molecule has 2 aromatic carbocycles. The van der Waals surface area contributed by atoms with Crippen molar-refractivity contribution in [3.63, 3.8) is 0 Å². The van der Waals surface area contributed by atoms with Crippen LogP contribution in [0.1, 0.15) is 13.8 Å². The number of esters is 1. The molecule has 2 atom stereocenters. The largest absolute Gasteiger partial charge is 0.465 e. The number of benzene rings is 1. The van der Waals surface area contributed by atoms with E-state index in [0.717, 1.165) is 5.39 Å². The van der Waals surface area contributed by atoms with E-state index in [1.165, 1.54) is 6.66 Å². The summed E-state index contributed by atoms with van der Waals surface area (Å²) in [6, 6.07) is 14.1. The Hall–Kier alpha value is -2.02. The fraction of sp³-hybridized carbons (Fsp3) is 0.312. The SMILES string of the molecule is CCOC(=O)[C@H](C)NP(C)(=O)Oc1cccc2ccc#cc12. The van der Waals surface area contributed by atoms with Crippen molar-refractivity contribution in [2.24, 2.45) is 0 Å². The lowest BCUT2D eigenvalue weighted by Gasteiger charge is -2.20. The van der Waals surface area contributed by atoms with E-state index in [1.54, 1.807) is 32.0 Å². The zero-order valence-electron chi connectivity index (χ0n) is 12.8. The number of nitrogens with one attached hydrogen (secondary N) is 1. The molecule has 2 rings (SSSR count). The lowest BCUT2D eigenvalue weighted by Crippen LogP contribution is -2.34. The van der Waals surface area contributed by atoms with E-state index >= 15 is 0 Å². The molecule has 1 N–H and O–H groups in total. The van der Waals surface area contributed by atoms with Gasteiger partial charge in [-0.1, -0.05) is 24.3 Å². The highest BCUT2D eigenvalue weighted by Gasteiger charge is 2.25. The molecule has 0 radical (unpaired) electrons. The Morgan fingerprint density at radius 2 is 2.18 bits per heavy atom. The molecule has 0 aromatic heterocycles. The molecular formula is C16H18NO4P. The highest BCUT2D eigenvalue weighted by Crippen LogP contribution is 2.41. The van der Waals surface area contributed by atoms with E-state index in [4.69, 9.17) is 9.26 Å². The van der Waals surface area contributed by atoms with Gasteiger partial charge >= 0.3 is 13.5 Å². The Bertz CT molecular complexity index is 711. The van der Waals surface area contributed by atoms with Gasteiger partial charge in [0.15, 0.2) is 0 Å². The van der Waals surface area contributed by atoms with Crippen LogP contribution >= 0.6 is 7.52 Å². The Kier molecular flexibility index (Phi) is 5.07. The van der Waals surface area contributed by atoms with Gasteiger partial charge in [-0.05, 0) is 37.4 Å². The summed E-state index contributed by atoms with van der Waals surface area (Å²) in [5.41, 5.74) is 0. The fourth-order valence-electron chi connectivity index (χ4n) is 2.03. The number of ether oxygens (including phenoxy) is 1. The predicted molar refractivity (Wildman–Crippen MR) is 85.0 cm³/mol. The normalized spacial score (nSPS) is 14.7. The molecule has 0 bridgehead atoms. The Morgan fingerprint density at radius 3 is 2.91 bits per heavy atom. The molecule has 0 heterocycles. The van der Waals surface area contributed by atoms with Gasteiger partial charge in [0.2, 0.25) is 0 Å². The zero-order chi connectivity index (χ0) is 16.2. The van der Waals surface area contributed by atoms with E-state index in [-0.39, 0.29) is 6.61 Å². The van der Waals surface area contributed by atoms with E-state index in [0.29, 0.717) is 11.1 Å². The van der Waals surface area contributed by atoms with Crippen LogP contribution < -0.4 is 9.61 Å². The van der Waals surface area contributed by atoms with E-state index in [9.17, 15) is 9.36 Å². The van der Waals surface area contributed by atoms with Crippen molar-refractivity contribution >= 4 is 24.3 Å². The Labute approximate surface area is 130 Å². The lowest BCUT2D eigenvalue weighted by molar-refractivity contribution is -0.144. The summed E-state index contributed by atoms with van der Waals surface area (Å²) in [4.78, 5) is 11.6. The third-order valence-corrected chi connectivity index (χ3v) is 4.34. The van der Waals surface area contributed by atoms with Crippen LogP contribution in [-0.4, -0.2) is 25.3 Å². The van der Waals surface area contributed by atoms with Crippen LogP contribution in [0, 0.1) is 12.1 Å². The van der Waals surface area contributed by atoms with Crippen molar-refractivity contribution < 1.29 is 18.6 Å².